The van der Waals surface area contributed by atoms with Crippen LogP contribution < -0.4 is 34.7 Å². The summed E-state index contributed by atoms with van der Waals surface area (Å²) in [5, 5.41) is 48.6. The summed E-state index contributed by atoms with van der Waals surface area (Å²) in [6.45, 7) is 23.7. The normalized spacial score (nSPS) is 42.6. The molecule has 3 fully saturated rings. The number of aliphatic carboxylic acids is 1. The smallest absolute Gasteiger partial charge is 0.550 e. The van der Waals surface area contributed by atoms with Crippen molar-refractivity contribution in [2.24, 2.45) is 34.5 Å². The molecule has 276 valence electrons. The number of allylic oxidation sites excluding steroid dienone is 1. The minimum Gasteiger partial charge on any atom is -0.550 e. The number of nitrogens with zero attached hydrogens (tertiary/aromatic N) is 1. The number of carbonyl (C=O) groups is 1. The molecule has 0 amide bonds. The van der Waals surface area contributed by atoms with Gasteiger partial charge in [-0.1, -0.05) is 39.8 Å². The van der Waals surface area contributed by atoms with Gasteiger partial charge in [-0.15, -0.1) is 0 Å². The monoisotopic (exact) mass is 721 g/mol. The molecule has 1 aromatic heterocycles. The topological polar surface area (TPSA) is 124 Å². The molecular formula is C43H56NNaO7. The van der Waals surface area contributed by atoms with Gasteiger partial charge in [0.05, 0.1) is 41.1 Å². The predicted molar refractivity (Wildman–Crippen MR) is 192 cm³/mol. The Hall–Kier alpha value is -1.49. The van der Waals surface area contributed by atoms with E-state index in [1.165, 1.54) is 45.8 Å². The van der Waals surface area contributed by atoms with Gasteiger partial charge in [-0.05, 0) is 130 Å². The quantitative estimate of drug-likeness (QED) is 0.328. The van der Waals surface area contributed by atoms with Gasteiger partial charge >= 0.3 is 29.6 Å². The molecule has 0 spiro atoms. The van der Waals surface area contributed by atoms with Gasteiger partial charge < -0.3 is 39.3 Å². The van der Waals surface area contributed by atoms with E-state index in [2.05, 4.69) is 78.7 Å². The maximum Gasteiger partial charge on any atom is 1.00 e. The summed E-state index contributed by atoms with van der Waals surface area (Å²) in [4.78, 5) is 11.7. The first-order valence-electron chi connectivity index (χ1n) is 19.4. The van der Waals surface area contributed by atoms with Crippen molar-refractivity contribution in [3.63, 3.8) is 0 Å². The second kappa shape index (κ2) is 11.1. The van der Waals surface area contributed by atoms with Gasteiger partial charge in [0.2, 0.25) is 0 Å². The molecule has 2 unspecified atom stereocenters. The first kappa shape index (κ1) is 37.4. The third kappa shape index (κ3) is 4.30. The number of hydrogen-bond donors (Lipinski definition) is 3. The number of carboxylic acid groups (broad SMARTS) is 1. The van der Waals surface area contributed by atoms with Crippen LogP contribution >= 0.6 is 0 Å². The van der Waals surface area contributed by atoms with Gasteiger partial charge in [0.15, 0.2) is 5.79 Å². The van der Waals surface area contributed by atoms with Gasteiger partial charge in [-0.3, -0.25) is 0 Å². The van der Waals surface area contributed by atoms with Crippen molar-refractivity contribution in [1.29, 1.82) is 0 Å². The number of hydrogen-bond acceptors (Lipinski definition) is 7. The Labute approximate surface area is 330 Å². The fourth-order valence-electron chi connectivity index (χ4n) is 13.9. The molecule has 2 aromatic rings. The van der Waals surface area contributed by atoms with Crippen LogP contribution in [-0.4, -0.2) is 55.1 Å². The third-order valence-electron chi connectivity index (χ3n) is 16.3. The molecule has 3 N–H and O–H groups in total. The number of fused-ring (bicyclic) bond motifs is 13. The molecule has 12 atom stereocenters. The summed E-state index contributed by atoms with van der Waals surface area (Å²) in [6.07, 6.45) is 4.89. The minimum atomic E-state index is -1.44. The summed E-state index contributed by atoms with van der Waals surface area (Å²) in [6, 6.07) is 2.49. The van der Waals surface area contributed by atoms with Gasteiger partial charge in [0, 0.05) is 46.1 Å². The molecule has 3 aliphatic heterocycles. The van der Waals surface area contributed by atoms with Crippen LogP contribution in [0, 0.1) is 34.5 Å². The van der Waals surface area contributed by atoms with Crippen molar-refractivity contribution in [3.05, 3.63) is 52.2 Å². The first-order valence-corrected chi connectivity index (χ1v) is 19.4. The summed E-state index contributed by atoms with van der Waals surface area (Å²) in [5.74, 6) is -3.48. The number of rotatable bonds is 4. The number of aliphatic hydroxyl groups excluding tert-OH is 2. The Morgan fingerprint density at radius 3 is 2.40 bits per heavy atom. The molecule has 7 aliphatic rings. The number of aromatic nitrogens is 1. The summed E-state index contributed by atoms with van der Waals surface area (Å²) < 4.78 is 15.5. The van der Waals surface area contributed by atoms with E-state index < -0.39 is 52.6 Å². The zero-order chi connectivity index (χ0) is 36.7. The average molecular weight is 722 g/mol. The van der Waals surface area contributed by atoms with Gasteiger partial charge in [-0.25, -0.2) is 0 Å². The Kier molecular flexibility index (Phi) is 7.98. The minimum absolute atomic E-state index is 0. The summed E-state index contributed by atoms with van der Waals surface area (Å²) in [5.41, 5.74) is 7.86. The van der Waals surface area contributed by atoms with E-state index >= 15 is 0 Å². The van der Waals surface area contributed by atoms with Crippen molar-refractivity contribution in [1.82, 2.24) is 4.57 Å². The van der Waals surface area contributed by atoms with Crippen LogP contribution in [0.3, 0.4) is 0 Å². The van der Waals surface area contributed by atoms with Crippen LogP contribution in [0.1, 0.15) is 135 Å². The standard InChI is InChI=1S/C43H57NO7.Na/c1-20(2)28-17-26-31-23(27-18-38(4,5)51-39(6,7)32(27)35(31)46)16-24-25-15-22-11-12-30-40(8,42(22,10)36(25)44(28)33(24)26)13-14-43(49)41(30,9)19-29(50-43)34(45)21(3)37(47)48;/h16,18,21-22,28-30,32,34-35,45-46,49H,1,11-15,17,19H2,2-10H3,(H,47,48);/q;+1/p-1/t21?,22-,28+,29-,30+,32+,34?,35+,40-,41-,42+,43-;/m0./s1. The molecule has 9 rings (SSSR count). The van der Waals surface area contributed by atoms with Crippen LogP contribution in [0.4, 0.5) is 0 Å². The Balaban J connectivity index is 0.00000387. The van der Waals surface area contributed by atoms with E-state index in [0.29, 0.717) is 18.8 Å². The van der Waals surface area contributed by atoms with Gasteiger partial charge in [0.25, 0.3) is 0 Å². The van der Waals surface area contributed by atoms with Crippen LogP contribution in [0.15, 0.2) is 24.3 Å². The van der Waals surface area contributed by atoms with E-state index in [4.69, 9.17) is 9.47 Å². The summed E-state index contributed by atoms with van der Waals surface area (Å²) in [7, 11) is 0. The summed E-state index contributed by atoms with van der Waals surface area (Å²) >= 11 is 0. The molecule has 1 saturated heterocycles. The number of benzene rings is 1. The van der Waals surface area contributed by atoms with E-state index in [1.54, 1.807) is 0 Å². The van der Waals surface area contributed by atoms with Crippen molar-refractivity contribution < 1.29 is 64.3 Å². The molecule has 8 nitrogen and oxygen atoms in total. The molecule has 1 aromatic carbocycles. The van der Waals surface area contributed by atoms with Gasteiger partial charge in [-0.2, -0.15) is 0 Å². The van der Waals surface area contributed by atoms with Crippen molar-refractivity contribution in [3.8, 4) is 0 Å². The zero-order valence-corrected chi connectivity index (χ0v) is 34.9. The SMILES string of the molecule is C=C(C)[C@H]1Cc2c3c(cc4c5c(n1c24)[C@@]1(C)[C@@H](CC[C@@H]2[C@]1(C)CC[C@]1(O)O[C@H](C(O)C(C)C(=O)[O-])C[C@@]21C)C5)C1=CC(C)(C)OC(C)(C)[C@H]1[C@@H]3O.[Na+]. The van der Waals surface area contributed by atoms with Crippen molar-refractivity contribution in [2.45, 2.75) is 154 Å². The van der Waals surface area contributed by atoms with E-state index in [1.807, 2.05) is 0 Å². The Morgan fingerprint density at radius 2 is 1.75 bits per heavy atom. The third-order valence-corrected chi connectivity index (χ3v) is 16.3. The number of ether oxygens (including phenoxy) is 2. The van der Waals surface area contributed by atoms with E-state index in [9.17, 15) is 25.2 Å². The maximum atomic E-state index is 12.3. The molecule has 9 heteroatoms. The largest absolute Gasteiger partial charge is 1.00 e. The second-order valence-corrected chi connectivity index (χ2v) is 19.6. The molecule has 4 aliphatic carbocycles. The van der Waals surface area contributed by atoms with Crippen LogP contribution in [-0.2, 0) is 32.5 Å². The number of carbonyl (C=O) groups excluding carboxylic acids is 1. The molecule has 0 bridgehead atoms. The fourth-order valence-corrected chi connectivity index (χ4v) is 13.9. The molecule has 0 radical (unpaired) electrons. The number of aliphatic hydroxyl groups is 3. The average Bonchev–Trinajstić information content (AvgIpc) is 3.78. The van der Waals surface area contributed by atoms with E-state index in [0.717, 1.165) is 43.2 Å². The first-order chi connectivity index (χ1) is 23.6. The fraction of sp³-hybridized carbons (Fsp3) is 0.698. The second-order valence-electron chi connectivity index (χ2n) is 19.6. The predicted octanol–water partition coefficient (Wildman–Crippen LogP) is 2.82. The van der Waals surface area contributed by atoms with Crippen LogP contribution in [0.2, 0.25) is 0 Å². The zero-order valence-electron chi connectivity index (χ0n) is 32.9. The molecule has 4 heterocycles. The van der Waals surface area contributed by atoms with Crippen LogP contribution in [0.5, 0.6) is 0 Å². The van der Waals surface area contributed by atoms with Crippen molar-refractivity contribution in [2.75, 3.05) is 0 Å². The number of carboxylic acids is 1. The van der Waals surface area contributed by atoms with Crippen molar-refractivity contribution >= 4 is 22.4 Å². The van der Waals surface area contributed by atoms with E-state index in [-0.39, 0.29) is 58.3 Å². The van der Waals surface area contributed by atoms with Crippen LogP contribution in [0.25, 0.3) is 16.5 Å². The molecule has 52 heavy (non-hydrogen) atoms. The Morgan fingerprint density at radius 1 is 1.06 bits per heavy atom. The maximum absolute atomic E-state index is 12.3. The molecule has 2 saturated carbocycles. The Bertz CT molecular complexity index is 1980. The molecular weight excluding hydrogens is 665 g/mol. The van der Waals surface area contributed by atoms with Gasteiger partial charge in [0.1, 0.15) is 0 Å².